The van der Waals surface area contributed by atoms with Gasteiger partial charge in [0.15, 0.2) is 0 Å². The van der Waals surface area contributed by atoms with Crippen molar-refractivity contribution in [1.82, 2.24) is 30.0 Å². The number of likely N-dealkylation sites (N-methyl/N-ethyl adjacent to an activating group) is 1. The molecule has 8 nitrogen and oxygen atoms in total. The molecule has 130 valence electrons. The number of amides is 1. The molecule has 0 aliphatic carbocycles. The van der Waals surface area contributed by atoms with Crippen molar-refractivity contribution in [1.29, 1.82) is 0 Å². The van der Waals surface area contributed by atoms with Crippen LogP contribution in [0.3, 0.4) is 0 Å². The van der Waals surface area contributed by atoms with Crippen LogP contribution < -0.4 is 0 Å². The highest BCUT2D eigenvalue weighted by molar-refractivity contribution is 5.77. The average Bonchev–Trinajstić information content (AvgIpc) is 3.28. The molecule has 0 aliphatic heterocycles. The number of carbonyl (C=O) groups is 1. The van der Waals surface area contributed by atoms with Crippen LogP contribution in [0, 0.1) is 0 Å². The van der Waals surface area contributed by atoms with E-state index in [0.29, 0.717) is 11.7 Å². The third kappa shape index (κ3) is 3.30. The molecule has 8 heteroatoms. The van der Waals surface area contributed by atoms with Crippen LogP contribution in [-0.2, 0) is 17.9 Å². The van der Waals surface area contributed by atoms with Gasteiger partial charge in [0.1, 0.15) is 17.6 Å². The Bertz CT molecular complexity index is 1010. The lowest BCUT2D eigenvalue weighted by Crippen LogP contribution is -2.30. The lowest BCUT2D eigenvalue weighted by atomic mass is 10.2. The highest BCUT2D eigenvalue weighted by Gasteiger charge is 2.16. The lowest BCUT2D eigenvalue weighted by molar-refractivity contribution is -0.131. The van der Waals surface area contributed by atoms with E-state index in [-0.39, 0.29) is 19.0 Å². The van der Waals surface area contributed by atoms with Crippen molar-refractivity contribution >= 4 is 16.9 Å². The van der Waals surface area contributed by atoms with E-state index in [4.69, 9.17) is 4.52 Å². The monoisotopic (exact) mass is 348 g/mol. The molecular formula is C18H16N6O2. The predicted octanol–water partition coefficient (Wildman–Crippen LogP) is 2.14. The van der Waals surface area contributed by atoms with Crippen LogP contribution in [0.25, 0.3) is 22.4 Å². The van der Waals surface area contributed by atoms with Crippen LogP contribution in [0.15, 0.2) is 59.1 Å². The largest absolute Gasteiger partial charge is 0.337 e. The summed E-state index contributed by atoms with van der Waals surface area (Å²) in [6.45, 7) is 0.268. The molecule has 0 bridgehead atoms. The van der Waals surface area contributed by atoms with E-state index < -0.39 is 0 Å². The van der Waals surface area contributed by atoms with Crippen LogP contribution in [0.4, 0.5) is 0 Å². The van der Waals surface area contributed by atoms with Crippen LogP contribution >= 0.6 is 0 Å². The van der Waals surface area contributed by atoms with Crippen molar-refractivity contribution < 1.29 is 9.32 Å². The molecule has 0 saturated heterocycles. The fraction of sp³-hybridized carbons (Fsp3) is 0.167. The summed E-state index contributed by atoms with van der Waals surface area (Å²) in [6.07, 6.45) is 0. The Morgan fingerprint density at radius 3 is 2.38 bits per heavy atom. The fourth-order valence-corrected chi connectivity index (χ4v) is 2.53. The van der Waals surface area contributed by atoms with Crippen LogP contribution in [0.2, 0.25) is 0 Å². The molecular weight excluding hydrogens is 332 g/mol. The number of rotatable bonds is 5. The Balaban J connectivity index is 1.42. The maximum absolute atomic E-state index is 12.4. The van der Waals surface area contributed by atoms with Gasteiger partial charge in [0.2, 0.25) is 17.6 Å². The van der Waals surface area contributed by atoms with Gasteiger partial charge in [0.25, 0.3) is 0 Å². The van der Waals surface area contributed by atoms with E-state index in [1.54, 1.807) is 7.05 Å². The quantitative estimate of drug-likeness (QED) is 0.549. The van der Waals surface area contributed by atoms with Gasteiger partial charge in [0, 0.05) is 12.6 Å². The molecule has 0 saturated carbocycles. The number of carbonyl (C=O) groups excluding carboxylic acids is 1. The summed E-state index contributed by atoms with van der Waals surface area (Å²) in [4.78, 5) is 19.6. The van der Waals surface area contributed by atoms with Gasteiger partial charge < -0.3 is 9.42 Å². The lowest BCUT2D eigenvalue weighted by Gasteiger charge is -2.13. The van der Waals surface area contributed by atoms with Gasteiger partial charge in [-0.25, -0.2) is 0 Å². The van der Waals surface area contributed by atoms with Crippen molar-refractivity contribution in [2.45, 2.75) is 13.1 Å². The second-order valence-electron chi connectivity index (χ2n) is 5.85. The molecule has 0 unspecified atom stereocenters. The Kier molecular flexibility index (Phi) is 4.14. The third-order valence-corrected chi connectivity index (χ3v) is 3.90. The first-order valence-electron chi connectivity index (χ1n) is 8.11. The van der Waals surface area contributed by atoms with Gasteiger partial charge in [-0.2, -0.15) is 20.0 Å². The normalized spacial score (nSPS) is 11.0. The molecule has 2 aromatic heterocycles. The van der Waals surface area contributed by atoms with Crippen LogP contribution in [0.5, 0.6) is 0 Å². The molecule has 0 N–H and O–H groups in total. The molecule has 1 amide bonds. The molecule has 4 rings (SSSR count). The van der Waals surface area contributed by atoms with E-state index in [1.165, 1.54) is 9.70 Å². The van der Waals surface area contributed by atoms with Gasteiger partial charge in [-0.15, -0.1) is 0 Å². The average molecular weight is 348 g/mol. The summed E-state index contributed by atoms with van der Waals surface area (Å²) in [5.41, 5.74) is 2.38. The minimum atomic E-state index is -0.148. The van der Waals surface area contributed by atoms with Gasteiger partial charge in [-0.1, -0.05) is 47.6 Å². The summed E-state index contributed by atoms with van der Waals surface area (Å²) in [5, 5.41) is 12.5. The summed E-state index contributed by atoms with van der Waals surface area (Å²) >= 11 is 0. The second-order valence-corrected chi connectivity index (χ2v) is 5.85. The number of aromatic nitrogens is 5. The Morgan fingerprint density at radius 2 is 1.69 bits per heavy atom. The number of hydrogen-bond donors (Lipinski definition) is 0. The summed E-state index contributed by atoms with van der Waals surface area (Å²) < 4.78 is 5.25. The fourth-order valence-electron chi connectivity index (χ4n) is 2.53. The third-order valence-electron chi connectivity index (χ3n) is 3.90. The molecule has 0 spiro atoms. The Hall–Kier alpha value is -3.55. The molecule has 4 aromatic rings. The highest BCUT2D eigenvalue weighted by atomic mass is 16.5. The smallest absolute Gasteiger partial charge is 0.246 e. The zero-order valence-corrected chi connectivity index (χ0v) is 14.1. The van der Waals surface area contributed by atoms with Crippen molar-refractivity contribution in [3.63, 3.8) is 0 Å². The van der Waals surface area contributed by atoms with Crippen molar-refractivity contribution in [2.75, 3.05) is 7.05 Å². The van der Waals surface area contributed by atoms with Gasteiger partial charge >= 0.3 is 0 Å². The van der Waals surface area contributed by atoms with E-state index in [9.17, 15) is 4.79 Å². The van der Waals surface area contributed by atoms with E-state index in [1.807, 2.05) is 54.6 Å². The molecule has 0 radical (unpaired) electrons. The first kappa shape index (κ1) is 15.9. The summed E-state index contributed by atoms with van der Waals surface area (Å²) in [5.74, 6) is 0.726. The van der Waals surface area contributed by atoms with Gasteiger partial charge in [-0.3, -0.25) is 4.79 Å². The van der Waals surface area contributed by atoms with E-state index in [2.05, 4.69) is 20.3 Å². The molecule has 26 heavy (non-hydrogen) atoms. The predicted molar refractivity (Wildman–Crippen MR) is 93.7 cm³/mol. The molecule has 0 aliphatic rings. The van der Waals surface area contributed by atoms with Crippen molar-refractivity contribution in [2.24, 2.45) is 0 Å². The van der Waals surface area contributed by atoms with Gasteiger partial charge in [-0.05, 0) is 12.1 Å². The van der Waals surface area contributed by atoms with Gasteiger partial charge in [0.05, 0.1) is 6.54 Å². The number of fused-ring (bicyclic) bond motifs is 1. The second kappa shape index (κ2) is 6.75. The number of hydrogen-bond acceptors (Lipinski definition) is 6. The minimum Gasteiger partial charge on any atom is -0.337 e. The molecule has 2 aromatic carbocycles. The standard InChI is InChI=1S/C18H16N6O2/c1-23(11-16-19-18(22-26-16)13-7-3-2-4-8-13)17(25)12-24-20-14-9-5-6-10-15(14)21-24/h2-10H,11-12H2,1H3. The zero-order chi connectivity index (χ0) is 17.9. The first-order chi connectivity index (χ1) is 12.7. The number of nitrogens with zero attached hydrogens (tertiary/aromatic N) is 6. The SMILES string of the molecule is CN(Cc1nc(-c2ccccc2)no1)C(=O)Cn1nc2ccccc2n1. The zero-order valence-electron chi connectivity index (χ0n) is 14.1. The van der Waals surface area contributed by atoms with Crippen molar-refractivity contribution in [3.05, 3.63) is 60.5 Å². The van der Waals surface area contributed by atoms with Crippen LogP contribution in [-0.4, -0.2) is 43.0 Å². The molecule has 0 atom stereocenters. The maximum Gasteiger partial charge on any atom is 0.246 e. The molecule has 0 fully saturated rings. The number of benzene rings is 2. The summed E-state index contributed by atoms with van der Waals surface area (Å²) in [7, 11) is 1.68. The first-order valence-corrected chi connectivity index (χ1v) is 8.11. The highest BCUT2D eigenvalue weighted by Crippen LogP contribution is 2.15. The van der Waals surface area contributed by atoms with Crippen LogP contribution in [0.1, 0.15) is 5.89 Å². The maximum atomic E-state index is 12.4. The van der Waals surface area contributed by atoms with E-state index in [0.717, 1.165) is 16.6 Å². The Morgan fingerprint density at radius 1 is 1.04 bits per heavy atom. The molecule has 2 heterocycles. The van der Waals surface area contributed by atoms with Crippen molar-refractivity contribution in [3.8, 4) is 11.4 Å². The minimum absolute atomic E-state index is 0.0465. The topological polar surface area (TPSA) is 89.9 Å². The summed E-state index contributed by atoms with van der Waals surface area (Å²) in [6, 6.07) is 17.0. The Labute approximate surface area is 149 Å². The van der Waals surface area contributed by atoms with E-state index >= 15 is 0 Å².